The van der Waals surface area contributed by atoms with Crippen molar-refractivity contribution in [2.24, 2.45) is 5.92 Å². The third-order valence-electron chi connectivity index (χ3n) is 4.73. The third kappa shape index (κ3) is 4.36. The summed E-state index contributed by atoms with van der Waals surface area (Å²) in [5.74, 6) is 2.26. The summed E-state index contributed by atoms with van der Waals surface area (Å²) in [7, 11) is 0. The fourth-order valence-corrected chi connectivity index (χ4v) is 3.62. The van der Waals surface area contributed by atoms with E-state index >= 15 is 0 Å². The summed E-state index contributed by atoms with van der Waals surface area (Å²) >= 11 is 0. The zero-order valence-electron chi connectivity index (χ0n) is 14.8. The lowest BCUT2D eigenvalue weighted by Gasteiger charge is -2.33. The Hall–Kier alpha value is -1.85. The van der Waals surface area contributed by atoms with Crippen molar-refractivity contribution >= 4 is 17.6 Å². The maximum absolute atomic E-state index is 11.9. The van der Waals surface area contributed by atoms with Gasteiger partial charge in [0.1, 0.15) is 18.0 Å². The molecular formula is C18H28N4O2. The Morgan fingerprint density at radius 2 is 1.83 bits per heavy atom. The predicted molar refractivity (Wildman–Crippen MR) is 94.3 cm³/mol. The minimum atomic E-state index is -0.0858. The van der Waals surface area contributed by atoms with E-state index < -0.39 is 0 Å². The van der Waals surface area contributed by atoms with Crippen LogP contribution in [0.2, 0.25) is 0 Å². The molecule has 2 aliphatic rings. The number of hydrogen-bond acceptors (Lipinski definition) is 6. The number of aromatic nitrogens is 2. The molecular weight excluding hydrogens is 304 g/mol. The molecule has 0 spiro atoms. The minimum Gasteiger partial charge on any atom is -0.463 e. The molecule has 6 heteroatoms. The van der Waals surface area contributed by atoms with E-state index in [1.54, 1.807) is 6.33 Å². The fraction of sp³-hybridized carbons (Fsp3) is 0.722. The Kier molecular flexibility index (Phi) is 5.53. The Bertz CT molecular complexity index is 558. The molecule has 0 amide bonds. The smallest absolute Gasteiger partial charge is 0.306 e. The van der Waals surface area contributed by atoms with Gasteiger partial charge in [-0.25, -0.2) is 9.97 Å². The Labute approximate surface area is 144 Å². The molecule has 0 N–H and O–H groups in total. The second kappa shape index (κ2) is 7.81. The molecule has 0 bridgehead atoms. The molecule has 3 heterocycles. The highest BCUT2D eigenvalue weighted by molar-refractivity contribution is 5.70. The first-order valence-corrected chi connectivity index (χ1v) is 9.13. The molecule has 3 rings (SSSR count). The first-order chi connectivity index (χ1) is 11.6. The van der Waals surface area contributed by atoms with E-state index in [2.05, 4.69) is 25.8 Å². The third-order valence-corrected chi connectivity index (χ3v) is 4.73. The zero-order valence-corrected chi connectivity index (χ0v) is 14.8. The number of carbonyl (C=O) groups is 1. The maximum atomic E-state index is 11.9. The lowest BCUT2D eigenvalue weighted by molar-refractivity contribution is -0.148. The maximum Gasteiger partial charge on any atom is 0.306 e. The Morgan fingerprint density at radius 3 is 2.54 bits per heavy atom. The quantitative estimate of drug-likeness (QED) is 0.773. The molecule has 6 nitrogen and oxygen atoms in total. The van der Waals surface area contributed by atoms with E-state index in [1.165, 1.54) is 12.8 Å². The van der Waals surface area contributed by atoms with Crippen LogP contribution >= 0.6 is 0 Å². The summed E-state index contributed by atoms with van der Waals surface area (Å²) in [6.45, 7) is 7.81. The Balaban J connectivity index is 1.62. The number of hydrogen-bond donors (Lipinski definition) is 0. The average molecular weight is 332 g/mol. The van der Waals surface area contributed by atoms with Crippen LogP contribution in [-0.2, 0) is 9.53 Å². The second-order valence-corrected chi connectivity index (χ2v) is 7.13. The highest BCUT2D eigenvalue weighted by Crippen LogP contribution is 2.26. The van der Waals surface area contributed by atoms with Gasteiger partial charge in [0, 0.05) is 32.2 Å². The largest absolute Gasteiger partial charge is 0.463 e. The standard InChI is InChI=1S/C18H28N4O2/c1-14(2)24-18(23)10-15-6-5-9-22(12-15)17-11-16(19-13-20-17)21-7-3-4-8-21/h11,13-15H,3-10,12H2,1-2H3/t15-/m0/s1. The van der Waals surface area contributed by atoms with Crippen LogP contribution in [0.15, 0.2) is 12.4 Å². The van der Waals surface area contributed by atoms with Crippen LogP contribution in [0.25, 0.3) is 0 Å². The molecule has 2 aliphatic heterocycles. The molecule has 1 aromatic rings. The van der Waals surface area contributed by atoms with Gasteiger partial charge in [-0.05, 0) is 45.4 Å². The van der Waals surface area contributed by atoms with Gasteiger partial charge in [0.15, 0.2) is 0 Å². The fourth-order valence-electron chi connectivity index (χ4n) is 3.62. The topological polar surface area (TPSA) is 58.6 Å². The van der Waals surface area contributed by atoms with E-state index in [1.807, 2.05) is 13.8 Å². The molecule has 0 aromatic carbocycles. The van der Waals surface area contributed by atoms with Gasteiger partial charge in [0.25, 0.3) is 0 Å². The van der Waals surface area contributed by atoms with E-state index in [0.717, 1.165) is 50.7 Å². The molecule has 0 saturated carbocycles. The lowest BCUT2D eigenvalue weighted by Crippen LogP contribution is -2.37. The number of anilines is 2. The molecule has 1 aromatic heterocycles. The molecule has 24 heavy (non-hydrogen) atoms. The van der Waals surface area contributed by atoms with Gasteiger partial charge >= 0.3 is 5.97 Å². The molecule has 0 aliphatic carbocycles. The number of rotatable bonds is 5. The summed E-state index contributed by atoms with van der Waals surface area (Å²) in [5.41, 5.74) is 0. The van der Waals surface area contributed by atoms with E-state index in [-0.39, 0.29) is 12.1 Å². The first kappa shape index (κ1) is 17.0. The van der Waals surface area contributed by atoms with Crippen molar-refractivity contribution in [3.8, 4) is 0 Å². The highest BCUT2D eigenvalue weighted by atomic mass is 16.5. The number of ether oxygens (including phenoxy) is 1. The number of nitrogens with zero attached hydrogens (tertiary/aromatic N) is 4. The number of piperidine rings is 1. The molecule has 2 saturated heterocycles. The van der Waals surface area contributed by atoms with Crippen molar-refractivity contribution in [2.45, 2.75) is 52.1 Å². The summed E-state index contributed by atoms with van der Waals surface area (Å²) in [6, 6.07) is 2.10. The average Bonchev–Trinajstić information content (AvgIpc) is 3.09. The highest BCUT2D eigenvalue weighted by Gasteiger charge is 2.25. The first-order valence-electron chi connectivity index (χ1n) is 9.13. The van der Waals surface area contributed by atoms with Gasteiger partial charge in [0.2, 0.25) is 0 Å². The molecule has 2 fully saturated rings. The second-order valence-electron chi connectivity index (χ2n) is 7.13. The van der Waals surface area contributed by atoms with Crippen LogP contribution in [0.1, 0.15) is 46.0 Å². The van der Waals surface area contributed by atoms with Crippen molar-refractivity contribution in [1.82, 2.24) is 9.97 Å². The number of carbonyl (C=O) groups excluding carboxylic acids is 1. The van der Waals surface area contributed by atoms with Crippen molar-refractivity contribution in [2.75, 3.05) is 36.0 Å². The van der Waals surface area contributed by atoms with Crippen LogP contribution < -0.4 is 9.80 Å². The Morgan fingerprint density at radius 1 is 1.17 bits per heavy atom. The SMILES string of the molecule is CC(C)OC(=O)C[C@@H]1CCCN(c2cc(N3CCCC3)ncn2)C1. The van der Waals surface area contributed by atoms with Gasteiger partial charge in [0.05, 0.1) is 12.5 Å². The molecule has 1 atom stereocenters. The van der Waals surface area contributed by atoms with Gasteiger partial charge in [-0.3, -0.25) is 4.79 Å². The van der Waals surface area contributed by atoms with Crippen LogP contribution in [0, 0.1) is 5.92 Å². The van der Waals surface area contributed by atoms with Gasteiger partial charge in [-0.2, -0.15) is 0 Å². The van der Waals surface area contributed by atoms with E-state index in [0.29, 0.717) is 12.3 Å². The summed E-state index contributed by atoms with van der Waals surface area (Å²) in [6.07, 6.45) is 6.77. The predicted octanol–water partition coefficient (Wildman–Crippen LogP) is 2.63. The van der Waals surface area contributed by atoms with Crippen molar-refractivity contribution in [1.29, 1.82) is 0 Å². The van der Waals surface area contributed by atoms with Gasteiger partial charge in [-0.1, -0.05) is 0 Å². The summed E-state index contributed by atoms with van der Waals surface area (Å²) in [5, 5.41) is 0. The molecule has 132 valence electrons. The zero-order chi connectivity index (χ0) is 16.9. The van der Waals surface area contributed by atoms with E-state index in [4.69, 9.17) is 4.74 Å². The monoisotopic (exact) mass is 332 g/mol. The summed E-state index contributed by atoms with van der Waals surface area (Å²) < 4.78 is 5.29. The summed E-state index contributed by atoms with van der Waals surface area (Å²) in [4.78, 5) is 25.4. The van der Waals surface area contributed by atoms with Gasteiger partial charge < -0.3 is 14.5 Å². The van der Waals surface area contributed by atoms with Crippen LogP contribution in [-0.4, -0.2) is 48.2 Å². The van der Waals surface area contributed by atoms with Crippen LogP contribution in [0.4, 0.5) is 11.6 Å². The molecule has 0 unspecified atom stereocenters. The van der Waals surface area contributed by atoms with E-state index in [9.17, 15) is 4.79 Å². The number of esters is 1. The van der Waals surface area contributed by atoms with Gasteiger partial charge in [-0.15, -0.1) is 0 Å². The normalized spacial score (nSPS) is 21.4. The van der Waals surface area contributed by atoms with Crippen LogP contribution in [0.5, 0.6) is 0 Å². The minimum absolute atomic E-state index is 0.0397. The van der Waals surface area contributed by atoms with Crippen molar-refractivity contribution in [3.63, 3.8) is 0 Å². The van der Waals surface area contributed by atoms with Crippen molar-refractivity contribution < 1.29 is 9.53 Å². The molecule has 0 radical (unpaired) electrons. The van der Waals surface area contributed by atoms with Crippen molar-refractivity contribution in [3.05, 3.63) is 12.4 Å². The lowest BCUT2D eigenvalue weighted by atomic mass is 9.95. The van der Waals surface area contributed by atoms with Crippen LogP contribution in [0.3, 0.4) is 0 Å².